The van der Waals surface area contributed by atoms with E-state index in [1.165, 1.54) is 32.7 Å². The van der Waals surface area contributed by atoms with Crippen LogP contribution in [0.5, 0.6) is 0 Å². The van der Waals surface area contributed by atoms with Crippen LogP contribution in [0.25, 0.3) is 104 Å². The third-order valence-corrected chi connectivity index (χ3v) is 14.5. The summed E-state index contributed by atoms with van der Waals surface area (Å²) in [6.45, 7) is 2.31. The van der Waals surface area contributed by atoms with Crippen molar-refractivity contribution < 1.29 is 8.83 Å². The summed E-state index contributed by atoms with van der Waals surface area (Å²) in [5.41, 5.74) is 12.5. The Labute approximate surface area is 386 Å². The summed E-state index contributed by atoms with van der Waals surface area (Å²) < 4.78 is 16.2. The minimum atomic E-state index is -0.222. The summed E-state index contributed by atoms with van der Waals surface area (Å²) in [6.07, 6.45) is 0.882. The van der Waals surface area contributed by atoms with E-state index in [4.69, 9.17) is 13.8 Å². The Kier molecular flexibility index (Phi) is 8.38. The molecule has 5 nitrogen and oxygen atoms in total. The predicted octanol–water partition coefficient (Wildman–Crippen LogP) is 16.4. The van der Waals surface area contributed by atoms with Crippen LogP contribution in [-0.4, -0.2) is 10.4 Å². The highest BCUT2D eigenvalue weighted by molar-refractivity contribution is 6.19. The zero-order chi connectivity index (χ0) is 44.2. The highest BCUT2D eigenvalue weighted by Gasteiger charge is 2.37. The number of nitrogens with zero attached hydrogens (tertiary/aromatic N) is 2. The monoisotopic (exact) mass is 861 g/mol. The maximum Gasteiger partial charge on any atom is 0.159 e. The molecular formula is C62H43N3O2. The van der Waals surface area contributed by atoms with E-state index in [1.807, 2.05) is 6.07 Å². The molecule has 1 aliphatic rings. The minimum absolute atomic E-state index is 0.0780. The zero-order valence-electron chi connectivity index (χ0n) is 36.8. The molecule has 10 aromatic carbocycles. The summed E-state index contributed by atoms with van der Waals surface area (Å²) in [5, 5.41) is 15.6. The molecule has 0 fully saturated rings. The van der Waals surface area contributed by atoms with Gasteiger partial charge in [-0.15, -0.1) is 0 Å². The molecule has 0 saturated carbocycles. The summed E-state index contributed by atoms with van der Waals surface area (Å²) in [7, 11) is 0. The number of hydrogen-bond acceptors (Lipinski definition) is 4. The maximum absolute atomic E-state index is 7.22. The van der Waals surface area contributed by atoms with Crippen LogP contribution in [0.2, 0.25) is 0 Å². The second-order valence-corrected chi connectivity index (χ2v) is 18.2. The molecule has 0 bridgehead atoms. The lowest BCUT2D eigenvalue weighted by Gasteiger charge is -2.38. The van der Waals surface area contributed by atoms with E-state index in [0.717, 1.165) is 100 Å². The fourth-order valence-corrected chi connectivity index (χ4v) is 11.3. The lowest BCUT2D eigenvalue weighted by atomic mass is 9.80. The Morgan fingerprint density at radius 3 is 2.01 bits per heavy atom. The van der Waals surface area contributed by atoms with Gasteiger partial charge in [-0.1, -0.05) is 159 Å². The number of amidine groups is 1. The van der Waals surface area contributed by atoms with Crippen molar-refractivity contribution in [1.82, 2.24) is 9.88 Å². The second-order valence-electron chi connectivity index (χ2n) is 18.2. The first-order valence-electron chi connectivity index (χ1n) is 23.4. The van der Waals surface area contributed by atoms with Gasteiger partial charge in [-0.2, -0.15) is 0 Å². The van der Waals surface area contributed by atoms with Crippen molar-refractivity contribution in [2.45, 2.75) is 25.4 Å². The average Bonchev–Trinajstić information content (AvgIpc) is 4.07. The van der Waals surface area contributed by atoms with Gasteiger partial charge in [-0.25, -0.2) is 0 Å². The van der Waals surface area contributed by atoms with Gasteiger partial charge in [0.25, 0.3) is 0 Å². The van der Waals surface area contributed by atoms with Gasteiger partial charge in [-0.3, -0.25) is 4.99 Å². The summed E-state index contributed by atoms with van der Waals surface area (Å²) in [6, 6.07) is 74.1. The van der Waals surface area contributed by atoms with E-state index in [9.17, 15) is 0 Å². The lowest BCUT2D eigenvalue weighted by Crippen LogP contribution is -2.41. The van der Waals surface area contributed by atoms with Gasteiger partial charge < -0.3 is 18.7 Å². The molecule has 5 heteroatoms. The van der Waals surface area contributed by atoms with Crippen molar-refractivity contribution in [3.05, 3.63) is 223 Å². The van der Waals surface area contributed by atoms with E-state index in [2.05, 4.69) is 217 Å². The van der Waals surface area contributed by atoms with Crippen LogP contribution >= 0.6 is 0 Å². The number of rotatable bonds is 6. The molecule has 14 rings (SSSR count). The molecule has 1 aliphatic heterocycles. The van der Waals surface area contributed by atoms with Gasteiger partial charge >= 0.3 is 0 Å². The molecule has 3 aromatic heterocycles. The number of aromatic nitrogens is 1. The van der Waals surface area contributed by atoms with Crippen LogP contribution in [0.1, 0.15) is 42.1 Å². The van der Waals surface area contributed by atoms with E-state index in [1.54, 1.807) is 0 Å². The molecular weight excluding hydrogens is 819 g/mol. The number of aliphatic imine (C=N–C) groups is 1. The van der Waals surface area contributed by atoms with Crippen molar-refractivity contribution in [1.29, 1.82) is 0 Å². The molecule has 13 aromatic rings. The number of nitrogens with one attached hydrogen (secondary N) is 1. The number of fused-ring (bicyclic) bond motifs is 12. The summed E-state index contributed by atoms with van der Waals surface area (Å²) in [5.74, 6) is 0.949. The zero-order valence-corrected chi connectivity index (χ0v) is 36.8. The second kappa shape index (κ2) is 14.8. The number of para-hydroxylation sites is 2. The first kappa shape index (κ1) is 37.9. The van der Waals surface area contributed by atoms with Crippen molar-refractivity contribution in [3.8, 4) is 16.8 Å². The van der Waals surface area contributed by atoms with E-state index < -0.39 is 0 Å². The molecule has 0 spiro atoms. The van der Waals surface area contributed by atoms with Crippen molar-refractivity contribution in [2.24, 2.45) is 10.9 Å². The smallest absolute Gasteiger partial charge is 0.159 e. The molecule has 0 amide bonds. The van der Waals surface area contributed by atoms with Gasteiger partial charge in [0.1, 0.15) is 22.6 Å². The number of furan rings is 2. The van der Waals surface area contributed by atoms with Crippen molar-refractivity contribution >= 4 is 93.1 Å². The highest BCUT2D eigenvalue weighted by Crippen LogP contribution is 2.47. The Bertz CT molecular complexity index is 4150. The molecule has 0 saturated heterocycles. The summed E-state index contributed by atoms with van der Waals surface area (Å²) >= 11 is 0. The lowest BCUT2D eigenvalue weighted by molar-refractivity contribution is 0.311. The molecule has 3 unspecified atom stereocenters. The van der Waals surface area contributed by atoms with Crippen LogP contribution in [0.4, 0.5) is 0 Å². The Morgan fingerprint density at radius 2 is 1.15 bits per heavy atom. The molecule has 0 aliphatic carbocycles. The van der Waals surface area contributed by atoms with E-state index >= 15 is 0 Å². The number of hydrogen-bond donors (Lipinski definition) is 1. The minimum Gasteiger partial charge on any atom is -0.456 e. The van der Waals surface area contributed by atoms with E-state index in [-0.39, 0.29) is 18.0 Å². The van der Waals surface area contributed by atoms with Crippen molar-refractivity contribution in [2.75, 3.05) is 0 Å². The SMILES string of the molecule is CCC1C(c2cc(-n3c4ccccc4c4cc5ccccc5cc43)c3oc4c5ccccc5ccc4c3c2)N=C(c2cccc(-c3ccccc3)c2)NC1c1ccc2c(c1)oc1ccccc12. The van der Waals surface area contributed by atoms with Crippen LogP contribution < -0.4 is 5.32 Å². The molecule has 0 radical (unpaired) electrons. The largest absolute Gasteiger partial charge is 0.456 e. The van der Waals surface area contributed by atoms with Crippen LogP contribution in [0.15, 0.2) is 220 Å². The van der Waals surface area contributed by atoms with Gasteiger partial charge in [0.05, 0.1) is 28.8 Å². The van der Waals surface area contributed by atoms with Gasteiger partial charge in [0.2, 0.25) is 0 Å². The van der Waals surface area contributed by atoms with E-state index in [0.29, 0.717) is 0 Å². The Morgan fingerprint density at radius 1 is 0.448 bits per heavy atom. The van der Waals surface area contributed by atoms with Crippen molar-refractivity contribution in [3.63, 3.8) is 0 Å². The average molecular weight is 862 g/mol. The fraction of sp³-hybridized carbons (Fsp3) is 0.0806. The fourth-order valence-electron chi connectivity index (χ4n) is 11.3. The molecule has 67 heavy (non-hydrogen) atoms. The van der Waals surface area contributed by atoms with Crippen LogP contribution in [-0.2, 0) is 0 Å². The normalized spacial score (nSPS) is 16.6. The topological polar surface area (TPSA) is 55.6 Å². The standard InChI is InChI=1S/C62H43N3O2/c1-2-45-58(42-28-29-49-48-24-11-13-26-56(48)66-57(49)36-42)63-62(43-21-14-20-39(31-43)37-15-4-3-5-16-37)64-59(45)44-33-52-50-30-27-38-17-8-9-22-46(38)60(50)67-61(52)55(35-44)65-53-25-12-10-23-47(53)51-32-40-18-6-7-19-41(40)34-54(51)65/h3-36,45,58-59H,2H2,1H3,(H,63,64). The van der Waals surface area contributed by atoms with Crippen LogP contribution in [0, 0.1) is 5.92 Å². The van der Waals surface area contributed by atoms with Crippen LogP contribution in [0.3, 0.4) is 0 Å². The molecule has 1 N–H and O–H groups in total. The molecule has 318 valence electrons. The van der Waals surface area contributed by atoms with Gasteiger partial charge in [-0.05, 0) is 99.4 Å². The predicted molar refractivity (Wildman–Crippen MR) is 278 cm³/mol. The summed E-state index contributed by atoms with van der Waals surface area (Å²) in [4.78, 5) is 5.83. The quantitative estimate of drug-likeness (QED) is 0.181. The first-order chi connectivity index (χ1) is 33.1. The highest BCUT2D eigenvalue weighted by atomic mass is 16.3. The van der Waals surface area contributed by atoms with Gasteiger partial charge in [0, 0.05) is 49.2 Å². The maximum atomic E-state index is 7.22. The first-order valence-corrected chi connectivity index (χ1v) is 23.4. The molecule has 3 atom stereocenters. The third kappa shape index (κ3) is 5.91. The Balaban J connectivity index is 1.05. The third-order valence-electron chi connectivity index (χ3n) is 14.5. The Hall–Kier alpha value is -8.41. The number of benzene rings is 10. The molecule has 4 heterocycles. The van der Waals surface area contributed by atoms with Gasteiger partial charge in [0.15, 0.2) is 5.58 Å².